The van der Waals surface area contributed by atoms with Gasteiger partial charge in [0, 0.05) is 36.9 Å². The number of methoxy groups -OCH3 is 1. The smallest absolute Gasteiger partial charge is 0.325 e. The van der Waals surface area contributed by atoms with Crippen LogP contribution in [0.1, 0.15) is 11.3 Å². The number of nitrogens with zero attached hydrogens (tertiary/aromatic N) is 5. The van der Waals surface area contributed by atoms with Crippen LogP contribution in [0.15, 0.2) is 36.7 Å². The Hall–Kier alpha value is -3.40. The van der Waals surface area contributed by atoms with Gasteiger partial charge in [-0.3, -0.25) is 14.7 Å². The quantitative estimate of drug-likeness (QED) is 0.602. The van der Waals surface area contributed by atoms with Crippen molar-refractivity contribution in [1.29, 1.82) is 0 Å². The molecule has 3 aromatic rings. The number of amides is 3. The molecule has 10 heteroatoms. The Kier molecular flexibility index (Phi) is 5.17. The molecule has 0 saturated carbocycles. The van der Waals surface area contributed by atoms with Gasteiger partial charge in [-0.25, -0.2) is 13.9 Å². The van der Waals surface area contributed by atoms with Crippen molar-refractivity contribution in [2.24, 2.45) is 0 Å². The van der Waals surface area contributed by atoms with Gasteiger partial charge in [0.05, 0.1) is 30.9 Å². The number of aromatic nitrogens is 4. The Morgan fingerprint density at radius 1 is 1.31 bits per heavy atom. The maximum absolute atomic E-state index is 14.0. The van der Waals surface area contributed by atoms with Crippen LogP contribution >= 0.6 is 0 Å². The molecule has 29 heavy (non-hydrogen) atoms. The fourth-order valence-electron chi connectivity index (χ4n) is 3.32. The molecule has 2 aromatic heterocycles. The van der Waals surface area contributed by atoms with E-state index in [1.807, 2.05) is 0 Å². The van der Waals surface area contributed by atoms with Crippen molar-refractivity contribution < 1.29 is 18.7 Å². The van der Waals surface area contributed by atoms with Crippen LogP contribution in [0.3, 0.4) is 0 Å². The number of nitrogens with one attached hydrogen (secondary N) is 1. The van der Waals surface area contributed by atoms with Crippen molar-refractivity contribution in [3.63, 3.8) is 0 Å². The molecule has 0 radical (unpaired) electrons. The molecule has 1 atom stereocenters. The van der Waals surface area contributed by atoms with Crippen molar-refractivity contribution in [3.8, 4) is 0 Å². The Bertz CT molecular complexity index is 1070. The third-order valence-electron chi connectivity index (χ3n) is 4.71. The van der Waals surface area contributed by atoms with E-state index in [0.717, 1.165) is 4.90 Å². The molecular weight excluding hydrogens is 379 g/mol. The standard InChI is InChI=1S/C19H19FN6O3/c1-29-6-5-25-11-15(23-24-25)9-16-18(27)26(19(28)22-16)10-13-8-14(20)7-12-3-2-4-21-17(12)13/h2-4,7-8,11,16H,5-6,9-10H2,1H3,(H,22,28)/t16-/m0/s1. The number of carbonyl (C=O) groups is 2. The maximum Gasteiger partial charge on any atom is 0.325 e. The van der Waals surface area contributed by atoms with E-state index in [4.69, 9.17) is 4.74 Å². The van der Waals surface area contributed by atoms with E-state index < -0.39 is 23.8 Å². The largest absolute Gasteiger partial charge is 0.383 e. The molecule has 0 spiro atoms. The van der Waals surface area contributed by atoms with E-state index in [1.165, 1.54) is 12.1 Å². The van der Waals surface area contributed by atoms with Crippen LogP contribution in [-0.4, -0.2) is 56.6 Å². The predicted octanol–water partition coefficient (Wildman–Crippen LogP) is 1.27. The first-order valence-corrected chi connectivity index (χ1v) is 9.08. The minimum Gasteiger partial charge on any atom is -0.383 e. The number of hydrogen-bond acceptors (Lipinski definition) is 6. The first-order valence-electron chi connectivity index (χ1n) is 9.08. The number of hydrogen-bond donors (Lipinski definition) is 1. The molecule has 1 N–H and O–H groups in total. The number of fused-ring (bicyclic) bond motifs is 1. The van der Waals surface area contributed by atoms with Crippen LogP contribution in [0.4, 0.5) is 9.18 Å². The Labute approximate surface area is 165 Å². The normalized spacial score (nSPS) is 16.6. The zero-order valence-corrected chi connectivity index (χ0v) is 15.7. The van der Waals surface area contributed by atoms with E-state index in [0.29, 0.717) is 35.3 Å². The molecule has 1 aliphatic heterocycles. The first kappa shape index (κ1) is 18.9. The van der Waals surface area contributed by atoms with Gasteiger partial charge >= 0.3 is 6.03 Å². The topological polar surface area (TPSA) is 102 Å². The highest BCUT2D eigenvalue weighted by atomic mass is 19.1. The lowest BCUT2D eigenvalue weighted by Crippen LogP contribution is -2.32. The zero-order chi connectivity index (χ0) is 20.4. The molecule has 4 rings (SSSR count). The number of carbonyl (C=O) groups excluding carboxylic acids is 2. The van der Waals surface area contributed by atoms with E-state index in [-0.39, 0.29) is 13.0 Å². The van der Waals surface area contributed by atoms with Gasteiger partial charge in [-0.1, -0.05) is 11.3 Å². The van der Waals surface area contributed by atoms with Gasteiger partial charge in [-0.05, 0) is 18.2 Å². The van der Waals surface area contributed by atoms with Crippen LogP contribution in [0.5, 0.6) is 0 Å². The van der Waals surface area contributed by atoms with Crippen molar-refractivity contribution in [1.82, 2.24) is 30.2 Å². The summed E-state index contributed by atoms with van der Waals surface area (Å²) >= 11 is 0. The van der Waals surface area contributed by atoms with Crippen molar-refractivity contribution >= 4 is 22.8 Å². The minimum atomic E-state index is -0.747. The lowest BCUT2D eigenvalue weighted by Gasteiger charge is -2.14. The molecule has 3 amide bonds. The zero-order valence-electron chi connectivity index (χ0n) is 15.7. The Balaban J connectivity index is 1.50. The van der Waals surface area contributed by atoms with E-state index >= 15 is 0 Å². The molecule has 0 aliphatic carbocycles. The van der Waals surface area contributed by atoms with Crippen LogP contribution in [-0.2, 0) is 29.0 Å². The number of urea groups is 1. The van der Waals surface area contributed by atoms with Crippen LogP contribution in [0.25, 0.3) is 10.9 Å². The second-order valence-corrected chi connectivity index (χ2v) is 6.74. The van der Waals surface area contributed by atoms with Crippen LogP contribution < -0.4 is 5.32 Å². The van der Waals surface area contributed by atoms with Gasteiger partial charge in [0.2, 0.25) is 0 Å². The van der Waals surface area contributed by atoms with E-state index in [9.17, 15) is 14.0 Å². The summed E-state index contributed by atoms with van der Waals surface area (Å²) in [5.74, 6) is -0.841. The Morgan fingerprint density at radius 3 is 3.00 bits per heavy atom. The Morgan fingerprint density at radius 2 is 2.17 bits per heavy atom. The second-order valence-electron chi connectivity index (χ2n) is 6.74. The van der Waals surface area contributed by atoms with Crippen molar-refractivity contribution in [2.75, 3.05) is 13.7 Å². The van der Waals surface area contributed by atoms with Gasteiger partial charge < -0.3 is 10.1 Å². The molecule has 1 fully saturated rings. The average molecular weight is 398 g/mol. The molecule has 0 bridgehead atoms. The van der Waals surface area contributed by atoms with Crippen molar-refractivity contribution in [3.05, 3.63) is 53.7 Å². The maximum atomic E-state index is 14.0. The number of rotatable bonds is 7. The summed E-state index contributed by atoms with van der Waals surface area (Å²) in [4.78, 5) is 30.5. The van der Waals surface area contributed by atoms with Crippen LogP contribution in [0, 0.1) is 5.82 Å². The van der Waals surface area contributed by atoms with Gasteiger partial charge in [-0.2, -0.15) is 0 Å². The second kappa shape index (κ2) is 7.92. The fourth-order valence-corrected chi connectivity index (χ4v) is 3.32. The highest BCUT2D eigenvalue weighted by Crippen LogP contribution is 2.22. The summed E-state index contributed by atoms with van der Waals surface area (Å²) in [6.07, 6.45) is 3.52. The lowest BCUT2D eigenvalue weighted by atomic mass is 10.1. The molecule has 3 heterocycles. The van der Waals surface area contributed by atoms with E-state index in [2.05, 4.69) is 20.6 Å². The van der Waals surface area contributed by atoms with E-state index in [1.54, 1.807) is 36.3 Å². The first-order chi connectivity index (χ1) is 14.0. The molecule has 1 aliphatic rings. The minimum absolute atomic E-state index is 0.0625. The summed E-state index contributed by atoms with van der Waals surface area (Å²) < 4.78 is 20.6. The monoisotopic (exact) mass is 398 g/mol. The summed E-state index contributed by atoms with van der Waals surface area (Å²) in [6, 6.07) is 4.83. The van der Waals surface area contributed by atoms with Crippen molar-refractivity contribution in [2.45, 2.75) is 25.6 Å². The molecule has 150 valence electrons. The molecule has 1 aromatic carbocycles. The number of benzene rings is 1. The number of halogens is 1. The van der Waals surface area contributed by atoms with Gasteiger partial charge in [0.1, 0.15) is 11.9 Å². The number of pyridine rings is 1. The lowest BCUT2D eigenvalue weighted by molar-refractivity contribution is -0.127. The number of imide groups is 1. The molecule has 0 unspecified atom stereocenters. The highest BCUT2D eigenvalue weighted by Gasteiger charge is 2.38. The highest BCUT2D eigenvalue weighted by molar-refractivity contribution is 6.04. The third-order valence-corrected chi connectivity index (χ3v) is 4.71. The SMILES string of the molecule is COCCn1cc(C[C@@H]2NC(=O)N(Cc3cc(F)cc4cccnc34)C2=O)nn1. The number of ether oxygens (including phenoxy) is 1. The average Bonchev–Trinajstić information content (AvgIpc) is 3.26. The summed E-state index contributed by atoms with van der Waals surface area (Å²) in [7, 11) is 1.59. The molecule has 9 nitrogen and oxygen atoms in total. The molecule has 1 saturated heterocycles. The van der Waals surface area contributed by atoms with Gasteiger partial charge in [0.15, 0.2) is 0 Å². The summed E-state index contributed by atoms with van der Waals surface area (Å²) in [5, 5.41) is 11.3. The predicted molar refractivity (Wildman–Crippen MR) is 100 cm³/mol. The fraction of sp³-hybridized carbons (Fsp3) is 0.316. The third kappa shape index (κ3) is 3.92. The van der Waals surface area contributed by atoms with Gasteiger partial charge in [-0.15, -0.1) is 5.10 Å². The summed E-state index contributed by atoms with van der Waals surface area (Å²) in [6.45, 7) is 0.971. The van der Waals surface area contributed by atoms with Crippen LogP contribution in [0.2, 0.25) is 0 Å². The molecular formula is C19H19FN6O3. The van der Waals surface area contributed by atoms with Gasteiger partial charge in [0.25, 0.3) is 5.91 Å². The summed E-state index contributed by atoms with van der Waals surface area (Å²) in [5.41, 5.74) is 1.61.